The van der Waals surface area contributed by atoms with Crippen molar-refractivity contribution in [1.82, 2.24) is 29.9 Å². The lowest BCUT2D eigenvalue weighted by Gasteiger charge is -2.31. The lowest BCUT2D eigenvalue weighted by atomic mass is 10.0. The quantitative estimate of drug-likeness (QED) is 0.0357. The zero-order valence-corrected chi connectivity index (χ0v) is 52.9. The van der Waals surface area contributed by atoms with Gasteiger partial charge in [-0.15, -0.1) is 11.8 Å². The fourth-order valence-electron chi connectivity index (χ4n) is 11.7. The van der Waals surface area contributed by atoms with E-state index in [1.807, 2.05) is 20.0 Å². The fourth-order valence-corrected chi connectivity index (χ4v) is 12.4. The topological polar surface area (TPSA) is 321 Å². The maximum absolute atomic E-state index is 14.2. The third-order valence-electron chi connectivity index (χ3n) is 16.6. The maximum Gasteiger partial charge on any atom is 0.421 e. The number of fused-ring (bicyclic) bond motifs is 5. The Bertz CT molecular complexity index is 3510. The Morgan fingerprint density at radius 3 is 2.07 bits per heavy atom. The van der Waals surface area contributed by atoms with Crippen molar-refractivity contribution in [3.05, 3.63) is 88.8 Å². The molecule has 9 rings (SSSR count). The number of nitrogens with one attached hydrogen (secondary N) is 5. The van der Waals surface area contributed by atoms with Crippen molar-refractivity contribution in [1.29, 1.82) is 0 Å². The van der Waals surface area contributed by atoms with E-state index < -0.39 is 82.9 Å². The van der Waals surface area contributed by atoms with Gasteiger partial charge in [0.2, 0.25) is 17.7 Å². The first-order valence-corrected chi connectivity index (χ1v) is 32.0. The summed E-state index contributed by atoms with van der Waals surface area (Å²) in [5.41, 5.74) is 3.81. The van der Waals surface area contributed by atoms with Crippen LogP contribution in [0.3, 0.4) is 0 Å². The predicted molar refractivity (Wildman–Crippen MR) is 333 cm³/mol. The van der Waals surface area contributed by atoms with E-state index in [2.05, 4.69) is 37.5 Å². The third kappa shape index (κ3) is 16.6. The number of unbranched alkanes of at least 4 members (excludes halogenated alkanes) is 2. The van der Waals surface area contributed by atoms with Crippen LogP contribution in [0, 0.1) is 35.5 Å². The number of nitrogens with zero attached hydrogens (tertiary/aromatic N) is 4. The average Bonchev–Trinajstić information content (AvgIpc) is 1.66. The Morgan fingerprint density at radius 2 is 1.40 bits per heavy atom. The number of carbonyl (C=O) groups excluding carboxylic acids is 7. The molecule has 488 valence electrons. The van der Waals surface area contributed by atoms with Gasteiger partial charge in [0.05, 0.1) is 75.2 Å². The van der Waals surface area contributed by atoms with Crippen molar-refractivity contribution in [2.75, 3.05) is 64.0 Å². The van der Waals surface area contributed by atoms with Gasteiger partial charge in [-0.3, -0.25) is 29.0 Å². The zero-order valence-electron chi connectivity index (χ0n) is 52.0. The van der Waals surface area contributed by atoms with Crippen LogP contribution >= 0.6 is 0 Å². The summed E-state index contributed by atoms with van der Waals surface area (Å²) in [5.74, 6) is 5.63. The van der Waals surface area contributed by atoms with Crippen LogP contribution in [-0.4, -0.2) is 155 Å². The first-order chi connectivity index (χ1) is 43.6. The van der Waals surface area contributed by atoms with Crippen LogP contribution in [-0.2, 0) is 45.4 Å². The van der Waals surface area contributed by atoms with E-state index in [0.717, 1.165) is 48.2 Å². The van der Waals surface area contributed by atoms with Crippen molar-refractivity contribution in [2.45, 2.75) is 129 Å². The van der Waals surface area contributed by atoms with Crippen LogP contribution in [0.4, 0.5) is 26.7 Å². The average molecular weight is 1280 g/mol. The van der Waals surface area contributed by atoms with Crippen LogP contribution < -0.4 is 49.2 Å². The highest BCUT2D eigenvalue weighted by molar-refractivity contribution is 7.88. The smallest absolute Gasteiger partial charge is 0.421 e. The molecule has 0 saturated heterocycles. The molecule has 27 heteroatoms. The predicted octanol–water partition coefficient (Wildman–Crippen LogP) is 6.36. The van der Waals surface area contributed by atoms with Gasteiger partial charge in [-0.05, 0) is 119 Å². The number of ether oxygens (including phenoxy) is 7. The summed E-state index contributed by atoms with van der Waals surface area (Å²) < 4.78 is 68.7. The van der Waals surface area contributed by atoms with Crippen LogP contribution in [0.5, 0.6) is 23.0 Å². The summed E-state index contributed by atoms with van der Waals surface area (Å²) in [6, 6.07) is 9.57. The van der Waals surface area contributed by atoms with Crippen molar-refractivity contribution in [2.24, 2.45) is 28.7 Å². The number of anilines is 2. The first kappa shape index (κ1) is 66.7. The Balaban J connectivity index is 0.718. The molecule has 6 aliphatic rings. The van der Waals surface area contributed by atoms with Gasteiger partial charge in [0.15, 0.2) is 29.2 Å². The van der Waals surface area contributed by atoms with E-state index in [4.69, 9.17) is 33.2 Å². The summed E-state index contributed by atoms with van der Waals surface area (Å²) in [6.45, 7) is 8.01. The van der Waals surface area contributed by atoms with Gasteiger partial charge in [0, 0.05) is 55.8 Å². The monoisotopic (exact) mass is 1280 g/mol. The van der Waals surface area contributed by atoms with E-state index in [0.29, 0.717) is 71.7 Å². The molecule has 0 bridgehead atoms. The zero-order chi connectivity index (χ0) is 65.1. The fraction of sp³-hybridized carbons (Fsp3) is 0.500. The van der Waals surface area contributed by atoms with Crippen molar-refractivity contribution >= 4 is 75.2 Å². The Labute approximate surface area is 528 Å². The number of rotatable bonds is 27. The molecular weight excluding hydrogens is 1200 g/mol. The van der Waals surface area contributed by atoms with E-state index in [1.165, 1.54) is 38.2 Å². The normalized spacial score (nSPS) is 21.0. The van der Waals surface area contributed by atoms with E-state index in [-0.39, 0.29) is 80.0 Å². The second kappa shape index (κ2) is 29.9. The molecule has 0 radical (unpaired) electrons. The molecule has 3 aromatic rings. The molecule has 91 heavy (non-hydrogen) atoms. The molecule has 4 aliphatic heterocycles. The Morgan fingerprint density at radius 1 is 0.758 bits per heavy atom. The van der Waals surface area contributed by atoms with Gasteiger partial charge < -0.3 is 64.0 Å². The molecule has 0 spiro atoms. The maximum atomic E-state index is 14.2. The van der Waals surface area contributed by atoms with E-state index >= 15 is 0 Å². The van der Waals surface area contributed by atoms with Gasteiger partial charge >= 0.3 is 22.4 Å². The minimum Gasteiger partial charge on any atom is -0.493 e. The Hall–Kier alpha value is -8.71. The molecule has 6 N–H and O–H groups in total. The third-order valence-corrected chi connectivity index (χ3v) is 17.6. The number of aliphatic hydroxyl groups is 1. The highest BCUT2D eigenvalue weighted by Gasteiger charge is 2.50. The molecule has 4 heterocycles. The molecule has 7 amide bonds. The van der Waals surface area contributed by atoms with Gasteiger partial charge in [0.25, 0.3) is 11.8 Å². The van der Waals surface area contributed by atoms with Crippen LogP contribution in [0.15, 0.2) is 77.1 Å². The molecule has 8 atom stereocenters. The van der Waals surface area contributed by atoms with Gasteiger partial charge in [-0.2, -0.15) is 13.1 Å². The molecule has 26 nitrogen and oxygen atoms in total. The van der Waals surface area contributed by atoms with Crippen molar-refractivity contribution in [3.63, 3.8) is 0 Å². The van der Waals surface area contributed by atoms with Gasteiger partial charge in [-0.25, -0.2) is 19.2 Å². The summed E-state index contributed by atoms with van der Waals surface area (Å²) in [4.78, 5) is 102. The molecule has 3 aromatic carbocycles. The summed E-state index contributed by atoms with van der Waals surface area (Å²) in [6.07, 6.45) is 8.05. The summed E-state index contributed by atoms with van der Waals surface area (Å²) in [7, 11) is -1.33. The summed E-state index contributed by atoms with van der Waals surface area (Å²) >= 11 is 0. The van der Waals surface area contributed by atoms with Crippen LogP contribution in [0.2, 0.25) is 0 Å². The number of carbonyl (C=O) groups is 7. The SMILES string of the molecule is COc1cc2c(cc1OCCCCCOc1cc3c(cc1OC)C(=O)N1C=C(C)C[C@H]1[C@H](O)N3C(=O)OCc1ccc(NC(=O)[C@H](C)NC(=O)[C@@H](NC(=O)COCCNS(=O)(=O)NC(=O)OCC3[C@H]4CCC#CCC[C@@H]34)C(C)C)cc1)N=C[C@@H]1CC(C)=CN1C2=O. The Kier molecular flexibility index (Phi) is 21.9. The second-order valence-corrected chi connectivity index (χ2v) is 25.1. The van der Waals surface area contributed by atoms with E-state index in [9.17, 15) is 47.1 Å². The molecule has 1 saturated carbocycles. The molecule has 1 fully saturated rings. The van der Waals surface area contributed by atoms with Crippen LogP contribution in [0.1, 0.15) is 119 Å². The number of aliphatic imine (C=N–C) groups is 1. The molecule has 2 aliphatic carbocycles. The standard InChI is InChI=1S/C64H79N9O17S/c1-37(2)57(69-56(74)36-86-24-21-66-91(82,83)70-63(80)89-35-48-44-15-11-8-9-12-16-45(44)48)59(76)67-40(5)58(75)68-42-19-17-41(18-20-42)34-90-64(81)73-50-30-55(53(85-7)28-47(50)61(78)72-33-39(4)26-51(72)62(73)79)88-23-14-10-13-22-87-54-29-49-46(27-52(54)84-6)60(77)71-32-38(3)25-43(71)31-65-49/h17-20,27-33,37,40,43-45,48,51,57,62,66,79H,10-16,21-26,34-36H2,1-7H3,(H,67,76)(H,68,75)(H,69,74)(H,70,80)/t40-,43-,44-,45+,48?,51-,57-,62-/m0/s1. The highest BCUT2D eigenvalue weighted by atomic mass is 32.2. The number of methoxy groups -OCH3 is 2. The van der Waals surface area contributed by atoms with Gasteiger partial charge in [0.1, 0.15) is 25.3 Å². The van der Waals surface area contributed by atoms with Gasteiger partial charge in [-0.1, -0.05) is 37.1 Å². The lowest BCUT2D eigenvalue weighted by molar-refractivity contribution is -0.133. The minimum absolute atomic E-state index is 0.0465. The lowest BCUT2D eigenvalue weighted by Crippen LogP contribution is -2.54. The number of hydrogen-bond donors (Lipinski definition) is 6. The highest BCUT2D eigenvalue weighted by Crippen LogP contribution is 2.52. The number of benzene rings is 3. The summed E-state index contributed by atoms with van der Waals surface area (Å²) in [5, 5.41) is 19.9. The molecular formula is C64H79N9O17S. The largest absolute Gasteiger partial charge is 0.493 e. The number of amides is 7. The molecule has 0 aromatic heterocycles. The first-order valence-electron chi connectivity index (χ1n) is 30.5. The number of hydrogen-bond acceptors (Lipinski definition) is 18. The second-order valence-electron chi connectivity index (χ2n) is 23.6. The minimum atomic E-state index is -4.28. The van der Waals surface area contributed by atoms with Crippen LogP contribution in [0.25, 0.3) is 0 Å². The molecule has 1 unspecified atom stereocenters. The van der Waals surface area contributed by atoms with Crippen molar-refractivity contribution in [3.8, 4) is 34.8 Å². The van der Waals surface area contributed by atoms with E-state index in [1.54, 1.807) is 72.3 Å². The number of aliphatic hydroxyl groups excluding tert-OH is 1. The van der Waals surface area contributed by atoms with Crippen molar-refractivity contribution < 1.29 is 80.2 Å².